The smallest absolute Gasteiger partial charge is 0.357 e. The van der Waals surface area contributed by atoms with E-state index in [1.165, 1.54) is 7.11 Å². The van der Waals surface area contributed by atoms with Crippen LogP contribution in [0.25, 0.3) is 0 Å². The van der Waals surface area contributed by atoms with Gasteiger partial charge in [0.25, 0.3) is 0 Å². The Bertz CT molecular complexity index is 297. The first-order valence-electron chi connectivity index (χ1n) is 3.11. The lowest BCUT2D eigenvalue weighted by atomic mass is 10.3. The van der Waals surface area contributed by atoms with Crippen molar-refractivity contribution in [1.29, 1.82) is 0 Å². The van der Waals surface area contributed by atoms with Gasteiger partial charge in [-0.1, -0.05) is 0 Å². The second-order valence-electron chi connectivity index (χ2n) is 2.02. The van der Waals surface area contributed by atoms with E-state index in [9.17, 15) is 4.79 Å². The Labute approximate surface area is 73.3 Å². The molecule has 0 spiro atoms. The van der Waals surface area contributed by atoms with Crippen LogP contribution in [0, 0.1) is 0 Å². The fourth-order valence-electron chi connectivity index (χ4n) is 0.825. The second-order valence-corrected chi connectivity index (χ2v) is 2.28. The van der Waals surface area contributed by atoms with Crippen molar-refractivity contribution in [2.45, 2.75) is 5.88 Å². The number of aromatic carboxylic acids is 1. The molecule has 2 N–H and O–H groups in total. The normalized spacial score (nSPS) is 9.83. The lowest BCUT2D eigenvalue weighted by Gasteiger charge is -1.97. The molecule has 1 rings (SSSR count). The quantitative estimate of drug-likeness (QED) is 0.693. The van der Waals surface area contributed by atoms with Crippen molar-refractivity contribution in [3.8, 4) is 5.75 Å². The number of rotatable bonds is 3. The average molecular weight is 191 g/mol. The van der Waals surface area contributed by atoms with Crippen molar-refractivity contribution >= 4 is 17.6 Å². The van der Waals surface area contributed by atoms with Gasteiger partial charge in [-0.3, -0.25) is 5.10 Å². The molecular formula is C6H7ClN2O3. The van der Waals surface area contributed by atoms with Crippen molar-refractivity contribution in [3.63, 3.8) is 0 Å². The van der Waals surface area contributed by atoms with E-state index in [4.69, 9.17) is 21.4 Å². The van der Waals surface area contributed by atoms with Crippen LogP contribution in [0.1, 0.15) is 16.2 Å². The van der Waals surface area contributed by atoms with Crippen LogP contribution < -0.4 is 4.74 Å². The summed E-state index contributed by atoms with van der Waals surface area (Å²) in [5.74, 6) is -0.805. The van der Waals surface area contributed by atoms with Crippen LogP contribution in [0.2, 0.25) is 0 Å². The lowest BCUT2D eigenvalue weighted by molar-refractivity contribution is 0.0687. The van der Waals surface area contributed by atoms with Gasteiger partial charge in [0.2, 0.25) is 0 Å². The van der Waals surface area contributed by atoms with Gasteiger partial charge >= 0.3 is 5.97 Å². The van der Waals surface area contributed by atoms with E-state index in [1.807, 2.05) is 0 Å². The third-order valence-electron chi connectivity index (χ3n) is 1.34. The third-order valence-corrected chi connectivity index (χ3v) is 1.59. The topological polar surface area (TPSA) is 75.2 Å². The number of methoxy groups -OCH3 is 1. The van der Waals surface area contributed by atoms with Gasteiger partial charge in [0.05, 0.1) is 13.0 Å². The molecule has 0 saturated heterocycles. The molecular weight excluding hydrogens is 184 g/mol. The minimum absolute atomic E-state index is 0.0758. The molecule has 0 amide bonds. The predicted octanol–water partition coefficient (Wildman–Crippen LogP) is 0.855. The summed E-state index contributed by atoms with van der Waals surface area (Å²) in [6.07, 6.45) is 0. The van der Waals surface area contributed by atoms with Crippen LogP contribution in [-0.2, 0) is 5.88 Å². The van der Waals surface area contributed by atoms with Gasteiger partial charge in [0.1, 0.15) is 5.69 Å². The minimum Gasteiger partial charge on any atom is -0.492 e. The Morgan fingerprint density at radius 1 is 1.83 bits per heavy atom. The number of H-pyrrole nitrogens is 1. The number of hydrogen-bond donors (Lipinski definition) is 2. The Balaban J connectivity index is 3.13. The molecule has 5 nitrogen and oxygen atoms in total. The van der Waals surface area contributed by atoms with Crippen LogP contribution in [0.4, 0.5) is 0 Å². The van der Waals surface area contributed by atoms with Gasteiger partial charge < -0.3 is 9.84 Å². The number of hydrogen-bond acceptors (Lipinski definition) is 3. The highest BCUT2D eigenvalue weighted by molar-refractivity contribution is 6.17. The highest BCUT2D eigenvalue weighted by Crippen LogP contribution is 2.21. The largest absolute Gasteiger partial charge is 0.492 e. The van der Waals surface area contributed by atoms with E-state index in [0.717, 1.165) is 0 Å². The highest BCUT2D eigenvalue weighted by atomic mass is 35.5. The zero-order valence-corrected chi connectivity index (χ0v) is 7.05. The van der Waals surface area contributed by atoms with Crippen molar-refractivity contribution in [3.05, 3.63) is 11.4 Å². The molecule has 0 aliphatic rings. The number of aromatic amines is 1. The molecule has 1 heterocycles. The number of nitrogens with zero attached hydrogens (tertiary/aromatic N) is 1. The number of carbonyl (C=O) groups is 1. The zero-order chi connectivity index (χ0) is 9.14. The van der Waals surface area contributed by atoms with Crippen molar-refractivity contribution in [2.24, 2.45) is 0 Å². The van der Waals surface area contributed by atoms with E-state index in [-0.39, 0.29) is 17.3 Å². The van der Waals surface area contributed by atoms with Crippen molar-refractivity contribution < 1.29 is 14.6 Å². The standard InChI is InChI=1S/C6H7ClN2O3/c1-12-5-3(2-7)8-9-4(5)6(10)11/h2H2,1H3,(H,8,9)(H,10,11). The van der Waals surface area contributed by atoms with Crippen molar-refractivity contribution in [2.75, 3.05) is 7.11 Å². The van der Waals surface area contributed by atoms with Crippen LogP contribution >= 0.6 is 11.6 Å². The number of alkyl halides is 1. The Morgan fingerprint density at radius 3 is 2.92 bits per heavy atom. The molecule has 0 aromatic carbocycles. The molecule has 12 heavy (non-hydrogen) atoms. The molecule has 0 bridgehead atoms. The summed E-state index contributed by atoms with van der Waals surface area (Å²) in [6, 6.07) is 0. The number of nitrogens with one attached hydrogen (secondary N) is 1. The molecule has 0 saturated carbocycles. The first kappa shape index (κ1) is 8.86. The zero-order valence-electron chi connectivity index (χ0n) is 6.30. The molecule has 66 valence electrons. The molecule has 0 fully saturated rings. The molecule has 6 heteroatoms. The molecule has 1 aromatic heterocycles. The van der Waals surface area contributed by atoms with E-state index in [0.29, 0.717) is 5.69 Å². The van der Waals surface area contributed by atoms with E-state index >= 15 is 0 Å². The number of halogens is 1. The average Bonchev–Trinajstić information content (AvgIpc) is 2.46. The van der Waals surface area contributed by atoms with Gasteiger partial charge in [-0.25, -0.2) is 4.79 Å². The van der Waals surface area contributed by atoms with E-state index in [2.05, 4.69) is 10.2 Å². The van der Waals surface area contributed by atoms with Gasteiger partial charge in [-0.05, 0) is 0 Å². The summed E-state index contributed by atoms with van der Waals surface area (Å²) in [5, 5.41) is 14.6. The number of carboxylic acids is 1. The first-order chi connectivity index (χ1) is 5.70. The van der Waals surface area contributed by atoms with E-state index < -0.39 is 5.97 Å². The molecule has 0 aliphatic heterocycles. The Morgan fingerprint density at radius 2 is 2.50 bits per heavy atom. The molecule has 0 unspecified atom stereocenters. The highest BCUT2D eigenvalue weighted by Gasteiger charge is 2.18. The fourth-order valence-corrected chi connectivity index (χ4v) is 1.01. The van der Waals surface area contributed by atoms with Crippen LogP contribution in [-0.4, -0.2) is 28.4 Å². The molecule has 0 aliphatic carbocycles. The van der Waals surface area contributed by atoms with Gasteiger partial charge in [0.15, 0.2) is 11.4 Å². The summed E-state index contributed by atoms with van der Waals surface area (Å²) >= 11 is 5.47. The summed E-state index contributed by atoms with van der Waals surface area (Å²) in [5.41, 5.74) is 0.324. The van der Waals surface area contributed by atoms with E-state index in [1.54, 1.807) is 0 Å². The lowest BCUT2D eigenvalue weighted by Crippen LogP contribution is -1.99. The minimum atomic E-state index is -1.12. The SMILES string of the molecule is COc1c(CCl)n[nH]c1C(=O)O. The fraction of sp³-hybridized carbons (Fsp3) is 0.333. The Hall–Kier alpha value is -1.23. The van der Waals surface area contributed by atoms with Crippen LogP contribution in [0.15, 0.2) is 0 Å². The summed E-state index contributed by atoms with van der Waals surface area (Å²) in [7, 11) is 1.37. The van der Waals surface area contributed by atoms with Crippen LogP contribution in [0.3, 0.4) is 0 Å². The third kappa shape index (κ3) is 1.35. The maximum atomic E-state index is 10.5. The van der Waals surface area contributed by atoms with Gasteiger partial charge in [-0.2, -0.15) is 5.10 Å². The summed E-state index contributed by atoms with van der Waals surface area (Å²) in [6.45, 7) is 0. The number of ether oxygens (including phenoxy) is 1. The van der Waals surface area contributed by atoms with Gasteiger partial charge in [0, 0.05) is 0 Å². The maximum absolute atomic E-state index is 10.5. The summed E-state index contributed by atoms with van der Waals surface area (Å²) in [4.78, 5) is 10.5. The molecule has 0 atom stereocenters. The predicted molar refractivity (Wildman–Crippen MR) is 41.7 cm³/mol. The van der Waals surface area contributed by atoms with Gasteiger partial charge in [-0.15, -0.1) is 11.6 Å². The van der Waals surface area contributed by atoms with Crippen LogP contribution in [0.5, 0.6) is 5.75 Å². The molecule has 0 radical (unpaired) electrons. The second kappa shape index (κ2) is 3.44. The maximum Gasteiger partial charge on any atom is 0.357 e. The van der Waals surface area contributed by atoms with Crippen molar-refractivity contribution in [1.82, 2.24) is 10.2 Å². The first-order valence-corrected chi connectivity index (χ1v) is 3.64. The monoisotopic (exact) mass is 190 g/mol. The summed E-state index contributed by atoms with van der Waals surface area (Å²) < 4.78 is 4.81. The number of aromatic nitrogens is 2. The number of carboxylic acid groups (broad SMARTS) is 1. The molecule has 1 aromatic rings. The Kier molecular flexibility index (Phi) is 2.54.